The van der Waals surface area contributed by atoms with Gasteiger partial charge >= 0.3 is 0 Å². The van der Waals surface area contributed by atoms with E-state index in [1.54, 1.807) is 17.4 Å². The third-order valence-corrected chi connectivity index (χ3v) is 3.83. The first-order valence-corrected chi connectivity index (χ1v) is 6.67. The molecule has 0 saturated carbocycles. The molecule has 0 radical (unpaired) electrons. The highest BCUT2D eigenvalue weighted by molar-refractivity contribution is 7.16. The van der Waals surface area contributed by atoms with Gasteiger partial charge in [0.25, 0.3) is 0 Å². The number of nitrogens with zero attached hydrogens (tertiary/aromatic N) is 1. The van der Waals surface area contributed by atoms with Crippen LogP contribution in [-0.4, -0.2) is 6.54 Å². The van der Waals surface area contributed by atoms with Crippen molar-refractivity contribution in [1.82, 2.24) is 0 Å². The van der Waals surface area contributed by atoms with E-state index < -0.39 is 0 Å². The monoisotopic (exact) mass is 277 g/mol. The minimum atomic E-state index is 0.499. The van der Waals surface area contributed by atoms with Gasteiger partial charge < -0.3 is 11.1 Å². The number of nitrogens with two attached hydrogens (primary N) is 1. The van der Waals surface area contributed by atoms with Crippen LogP contribution < -0.4 is 11.1 Å². The molecule has 5 heteroatoms. The summed E-state index contributed by atoms with van der Waals surface area (Å²) in [4.78, 5) is 1.22. The van der Waals surface area contributed by atoms with Crippen LogP contribution in [0.4, 0.5) is 11.4 Å². The molecule has 0 aliphatic rings. The summed E-state index contributed by atoms with van der Waals surface area (Å²) in [5, 5.41) is 12.1. The normalized spacial score (nSPS) is 10.0. The molecular formula is C13H12ClN3S. The number of nitriles is 1. The van der Waals surface area contributed by atoms with Gasteiger partial charge in [-0.2, -0.15) is 5.26 Å². The van der Waals surface area contributed by atoms with E-state index in [-0.39, 0.29) is 0 Å². The molecule has 0 amide bonds. The van der Waals surface area contributed by atoms with E-state index in [1.807, 2.05) is 24.3 Å². The summed E-state index contributed by atoms with van der Waals surface area (Å²) in [5.41, 5.74) is 7.68. The maximum Gasteiger partial charge on any atom is 0.101 e. The van der Waals surface area contributed by atoms with Crippen LogP contribution in [0.15, 0.2) is 30.3 Å². The van der Waals surface area contributed by atoms with Crippen LogP contribution in [0, 0.1) is 11.3 Å². The molecular weight excluding hydrogens is 266 g/mol. The molecule has 2 rings (SSSR count). The zero-order chi connectivity index (χ0) is 13.0. The number of anilines is 2. The summed E-state index contributed by atoms with van der Waals surface area (Å²) < 4.78 is 0.802. The molecule has 0 atom stereocenters. The van der Waals surface area contributed by atoms with Gasteiger partial charge in [0.2, 0.25) is 0 Å². The molecule has 0 spiro atoms. The predicted octanol–water partition coefficient (Wildman–Crippen LogP) is 3.51. The van der Waals surface area contributed by atoms with E-state index in [0.29, 0.717) is 11.3 Å². The van der Waals surface area contributed by atoms with E-state index in [2.05, 4.69) is 11.4 Å². The first-order chi connectivity index (χ1) is 8.70. The smallest absolute Gasteiger partial charge is 0.101 e. The van der Waals surface area contributed by atoms with Crippen molar-refractivity contribution in [3.8, 4) is 6.07 Å². The zero-order valence-corrected chi connectivity index (χ0v) is 11.2. The van der Waals surface area contributed by atoms with Gasteiger partial charge in [0.15, 0.2) is 0 Å². The Bertz CT molecular complexity index is 586. The molecule has 18 heavy (non-hydrogen) atoms. The standard InChI is InChI=1S/C13H12ClN3S/c14-12-5-4-10(18-12)6-7-17-11-3-1-2-9(8-15)13(11)16/h1-5,17H,6-7,16H2. The molecule has 92 valence electrons. The van der Waals surface area contributed by atoms with Crippen LogP contribution in [0.3, 0.4) is 0 Å². The van der Waals surface area contributed by atoms with Gasteiger partial charge in [0.1, 0.15) is 6.07 Å². The van der Waals surface area contributed by atoms with Crippen LogP contribution in [-0.2, 0) is 6.42 Å². The molecule has 0 saturated heterocycles. The predicted molar refractivity (Wildman–Crippen MR) is 77.1 cm³/mol. The van der Waals surface area contributed by atoms with Gasteiger partial charge in [-0.25, -0.2) is 0 Å². The van der Waals surface area contributed by atoms with Crippen LogP contribution in [0.25, 0.3) is 0 Å². The number of benzene rings is 1. The Balaban J connectivity index is 1.97. The molecule has 0 aliphatic carbocycles. The minimum Gasteiger partial charge on any atom is -0.396 e. The molecule has 0 aliphatic heterocycles. The van der Waals surface area contributed by atoms with Crippen LogP contribution in [0.2, 0.25) is 4.34 Å². The number of rotatable bonds is 4. The Kier molecular flexibility index (Phi) is 4.08. The van der Waals surface area contributed by atoms with E-state index in [9.17, 15) is 0 Å². The maximum absolute atomic E-state index is 8.88. The second kappa shape index (κ2) is 5.76. The Morgan fingerprint density at radius 1 is 1.33 bits per heavy atom. The number of hydrogen-bond donors (Lipinski definition) is 2. The number of halogens is 1. The quantitative estimate of drug-likeness (QED) is 0.841. The van der Waals surface area contributed by atoms with Gasteiger partial charge in [-0.15, -0.1) is 11.3 Å². The highest BCUT2D eigenvalue weighted by Crippen LogP contribution is 2.24. The van der Waals surface area contributed by atoms with E-state index in [4.69, 9.17) is 22.6 Å². The molecule has 0 fully saturated rings. The largest absolute Gasteiger partial charge is 0.396 e. The fraction of sp³-hybridized carbons (Fsp3) is 0.154. The van der Waals surface area contributed by atoms with Crippen LogP contribution in [0.1, 0.15) is 10.4 Å². The van der Waals surface area contributed by atoms with Crippen LogP contribution in [0.5, 0.6) is 0 Å². The SMILES string of the molecule is N#Cc1cccc(NCCc2ccc(Cl)s2)c1N. The van der Waals surface area contributed by atoms with Crippen molar-refractivity contribution in [2.45, 2.75) is 6.42 Å². The first-order valence-electron chi connectivity index (χ1n) is 5.47. The van der Waals surface area contributed by atoms with Crippen molar-refractivity contribution in [2.75, 3.05) is 17.6 Å². The summed E-state index contributed by atoms with van der Waals surface area (Å²) in [7, 11) is 0. The van der Waals surface area contributed by atoms with Crippen molar-refractivity contribution in [3.05, 3.63) is 45.1 Å². The highest BCUT2D eigenvalue weighted by atomic mass is 35.5. The number of nitrogen functional groups attached to an aromatic ring is 1. The average Bonchev–Trinajstić information content (AvgIpc) is 2.77. The van der Waals surface area contributed by atoms with Gasteiger partial charge in [-0.05, 0) is 30.7 Å². The van der Waals surface area contributed by atoms with Crippen LogP contribution >= 0.6 is 22.9 Å². The van der Waals surface area contributed by atoms with Gasteiger partial charge in [-0.1, -0.05) is 17.7 Å². The van der Waals surface area contributed by atoms with Crippen molar-refractivity contribution in [2.24, 2.45) is 0 Å². The third-order valence-electron chi connectivity index (χ3n) is 2.54. The first kappa shape index (κ1) is 12.7. The molecule has 3 N–H and O–H groups in total. The Hall–Kier alpha value is -1.70. The van der Waals surface area contributed by atoms with Gasteiger partial charge in [0.05, 0.1) is 21.3 Å². The zero-order valence-electron chi connectivity index (χ0n) is 9.61. The molecule has 1 heterocycles. The summed E-state index contributed by atoms with van der Waals surface area (Å²) in [5.74, 6) is 0. The van der Waals surface area contributed by atoms with E-state index in [1.165, 1.54) is 4.88 Å². The van der Waals surface area contributed by atoms with Crippen molar-refractivity contribution >= 4 is 34.3 Å². The molecule has 3 nitrogen and oxygen atoms in total. The minimum absolute atomic E-state index is 0.499. The summed E-state index contributed by atoms with van der Waals surface area (Å²) in [6, 6.07) is 11.4. The highest BCUT2D eigenvalue weighted by Gasteiger charge is 2.04. The fourth-order valence-electron chi connectivity index (χ4n) is 1.62. The topological polar surface area (TPSA) is 61.8 Å². The lowest BCUT2D eigenvalue weighted by Crippen LogP contribution is -2.06. The van der Waals surface area contributed by atoms with Gasteiger partial charge in [-0.3, -0.25) is 0 Å². The molecule has 0 unspecified atom stereocenters. The summed E-state index contributed by atoms with van der Waals surface area (Å²) in [6.45, 7) is 0.760. The molecule has 0 bridgehead atoms. The number of nitrogens with one attached hydrogen (secondary N) is 1. The Morgan fingerprint density at radius 2 is 2.17 bits per heavy atom. The Labute approximate surface area is 115 Å². The summed E-state index contributed by atoms with van der Waals surface area (Å²) in [6.07, 6.45) is 0.883. The van der Waals surface area contributed by atoms with E-state index in [0.717, 1.165) is 23.0 Å². The summed E-state index contributed by atoms with van der Waals surface area (Å²) >= 11 is 7.44. The lowest BCUT2D eigenvalue weighted by atomic mass is 10.1. The second-order valence-electron chi connectivity index (χ2n) is 3.76. The van der Waals surface area contributed by atoms with E-state index >= 15 is 0 Å². The maximum atomic E-state index is 8.88. The molecule has 1 aromatic heterocycles. The number of para-hydroxylation sites is 1. The average molecular weight is 278 g/mol. The second-order valence-corrected chi connectivity index (χ2v) is 5.56. The molecule has 2 aromatic rings. The lowest BCUT2D eigenvalue weighted by Gasteiger charge is -2.09. The molecule has 1 aromatic carbocycles. The van der Waals surface area contributed by atoms with Crippen molar-refractivity contribution < 1.29 is 0 Å². The number of thiophene rings is 1. The Morgan fingerprint density at radius 3 is 2.83 bits per heavy atom. The van der Waals surface area contributed by atoms with Gasteiger partial charge in [0, 0.05) is 11.4 Å². The fourth-order valence-corrected chi connectivity index (χ4v) is 2.71. The van der Waals surface area contributed by atoms with Crippen molar-refractivity contribution in [3.63, 3.8) is 0 Å². The third kappa shape index (κ3) is 2.95. The van der Waals surface area contributed by atoms with Crippen molar-refractivity contribution in [1.29, 1.82) is 5.26 Å². The lowest BCUT2D eigenvalue weighted by molar-refractivity contribution is 1.04. The number of hydrogen-bond acceptors (Lipinski definition) is 4.